The van der Waals surface area contributed by atoms with Crippen molar-refractivity contribution >= 4 is 5.91 Å². The average Bonchev–Trinajstić information content (AvgIpc) is 2.45. The summed E-state index contributed by atoms with van der Waals surface area (Å²) in [6, 6.07) is 6.75. The predicted octanol–water partition coefficient (Wildman–Crippen LogP) is 4.72. The number of aromatic nitrogens is 1. The van der Waals surface area contributed by atoms with Crippen LogP contribution in [0, 0.1) is 11.6 Å². The van der Waals surface area contributed by atoms with Crippen molar-refractivity contribution in [1.29, 1.82) is 0 Å². The minimum Gasteiger partial charge on any atom is -0.366 e. The van der Waals surface area contributed by atoms with Crippen LogP contribution in [0.2, 0.25) is 0 Å². The molecule has 8 heteroatoms. The van der Waals surface area contributed by atoms with Crippen molar-refractivity contribution in [3.8, 4) is 0 Å². The number of hydrogen-bond donors (Lipinski definition) is 1. The van der Waals surface area contributed by atoms with Crippen LogP contribution in [0.3, 0.4) is 0 Å². The number of halogens is 5. The Kier molecular flexibility index (Phi) is 7.97. The van der Waals surface area contributed by atoms with E-state index in [2.05, 4.69) is 4.98 Å². The lowest BCUT2D eigenvalue weighted by Crippen LogP contribution is -2.20. The summed E-state index contributed by atoms with van der Waals surface area (Å²) >= 11 is 0. The molecule has 0 saturated heterocycles. The van der Waals surface area contributed by atoms with E-state index >= 15 is 0 Å². The van der Waals surface area contributed by atoms with Gasteiger partial charge in [-0.25, -0.2) is 8.78 Å². The summed E-state index contributed by atoms with van der Waals surface area (Å²) in [4.78, 5) is 13.6. The Morgan fingerprint density at radius 2 is 1.48 bits per heavy atom. The lowest BCUT2D eigenvalue weighted by Gasteiger charge is -2.07. The average molecular weight is 360 g/mol. The molecule has 0 atom stereocenters. The highest BCUT2D eigenvalue weighted by atomic mass is 19.4. The van der Waals surface area contributed by atoms with Crippen LogP contribution < -0.4 is 5.73 Å². The number of pyridine rings is 1. The van der Waals surface area contributed by atoms with E-state index in [4.69, 9.17) is 5.73 Å². The fourth-order valence-electron chi connectivity index (χ4n) is 1.54. The van der Waals surface area contributed by atoms with Gasteiger partial charge < -0.3 is 5.73 Å². The summed E-state index contributed by atoms with van der Waals surface area (Å²) in [6.45, 7) is 0. The van der Waals surface area contributed by atoms with Crippen molar-refractivity contribution in [2.24, 2.45) is 5.73 Å². The van der Waals surface area contributed by atoms with Crippen LogP contribution in [0.4, 0.5) is 22.0 Å². The quantitative estimate of drug-likeness (QED) is 0.748. The van der Waals surface area contributed by atoms with Crippen LogP contribution in [-0.2, 0) is 6.18 Å². The van der Waals surface area contributed by atoms with Gasteiger partial charge in [-0.3, -0.25) is 9.78 Å². The van der Waals surface area contributed by atoms with Crippen molar-refractivity contribution in [3.05, 3.63) is 65.5 Å². The normalized spacial score (nSPS) is 12.7. The van der Waals surface area contributed by atoms with Crippen LogP contribution in [-0.4, -0.2) is 10.9 Å². The maximum absolute atomic E-state index is 12.1. The molecular weight excluding hydrogens is 343 g/mol. The first-order valence-corrected chi connectivity index (χ1v) is 7.45. The summed E-state index contributed by atoms with van der Waals surface area (Å²) < 4.78 is 60.3. The zero-order valence-corrected chi connectivity index (χ0v) is 13.2. The van der Waals surface area contributed by atoms with Crippen molar-refractivity contribution in [2.45, 2.75) is 31.9 Å². The standard InChI is InChI=1S/C7H5F3N2O.C6H4F2.C4H8/c8-7(9,10)5-4(6(11)13)2-1-3-12-5;7-5-2-1-3-6(8)4-5;1-2-4-3-1/h1-3H,(H2,11,13);1-4H;1-4H2. The summed E-state index contributed by atoms with van der Waals surface area (Å²) in [5.41, 5.74) is 2.87. The van der Waals surface area contributed by atoms with Gasteiger partial charge in [-0.05, 0) is 24.3 Å². The van der Waals surface area contributed by atoms with E-state index in [1.807, 2.05) is 0 Å². The Bertz CT molecular complexity index is 663. The van der Waals surface area contributed by atoms with Gasteiger partial charge in [0.05, 0.1) is 5.56 Å². The van der Waals surface area contributed by atoms with Gasteiger partial charge >= 0.3 is 6.18 Å². The van der Waals surface area contributed by atoms with E-state index in [0.29, 0.717) is 0 Å². The number of hydrogen-bond acceptors (Lipinski definition) is 2. The maximum atomic E-state index is 12.1. The third kappa shape index (κ3) is 7.73. The molecule has 0 radical (unpaired) electrons. The van der Waals surface area contributed by atoms with E-state index < -0.39 is 35.0 Å². The lowest BCUT2D eigenvalue weighted by molar-refractivity contribution is -0.141. The van der Waals surface area contributed by atoms with Gasteiger partial charge in [0.2, 0.25) is 0 Å². The molecule has 0 aliphatic heterocycles. The largest absolute Gasteiger partial charge is 0.434 e. The molecule has 25 heavy (non-hydrogen) atoms. The van der Waals surface area contributed by atoms with Gasteiger partial charge in [-0.1, -0.05) is 31.7 Å². The van der Waals surface area contributed by atoms with E-state index in [1.54, 1.807) is 0 Å². The van der Waals surface area contributed by atoms with E-state index in [-0.39, 0.29) is 0 Å². The van der Waals surface area contributed by atoms with Gasteiger partial charge in [0.1, 0.15) is 11.6 Å². The monoisotopic (exact) mass is 360 g/mol. The summed E-state index contributed by atoms with van der Waals surface area (Å²) in [5.74, 6) is -2.21. The van der Waals surface area contributed by atoms with Crippen molar-refractivity contribution in [1.82, 2.24) is 4.98 Å². The van der Waals surface area contributed by atoms with Crippen molar-refractivity contribution < 1.29 is 26.7 Å². The maximum Gasteiger partial charge on any atom is 0.434 e. The fourth-order valence-corrected chi connectivity index (χ4v) is 1.54. The molecule has 3 rings (SSSR count). The molecule has 0 unspecified atom stereocenters. The zero-order chi connectivity index (χ0) is 18.9. The van der Waals surface area contributed by atoms with Gasteiger partial charge in [0.15, 0.2) is 5.69 Å². The number of benzene rings is 1. The topological polar surface area (TPSA) is 56.0 Å². The number of alkyl halides is 3. The highest BCUT2D eigenvalue weighted by Crippen LogP contribution is 2.29. The SMILES string of the molecule is C1CCC1.Fc1cccc(F)c1.NC(=O)c1cccnc1C(F)(F)F. The molecular formula is C17H17F5N2O. The zero-order valence-electron chi connectivity index (χ0n) is 13.2. The van der Waals surface area contributed by atoms with Gasteiger partial charge in [0.25, 0.3) is 5.91 Å². The third-order valence-corrected chi connectivity index (χ3v) is 3.13. The Morgan fingerprint density at radius 3 is 1.76 bits per heavy atom. The Morgan fingerprint density at radius 1 is 0.960 bits per heavy atom. The smallest absolute Gasteiger partial charge is 0.366 e. The molecule has 1 aromatic carbocycles. The van der Waals surface area contributed by atoms with Crippen LogP contribution in [0.25, 0.3) is 0 Å². The lowest BCUT2D eigenvalue weighted by atomic mass is 10.0. The third-order valence-electron chi connectivity index (χ3n) is 3.13. The van der Waals surface area contributed by atoms with Crippen molar-refractivity contribution in [2.75, 3.05) is 0 Å². The number of carbonyl (C=O) groups is 1. The van der Waals surface area contributed by atoms with Crippen molar-refractivity contribution in [3.63, 3.8) is 0 Å². The molecule has 136 valence electrons. The van der Waals surface area contributed by atoms with Gasteiger partial charge in [-0.2, -0.15) is 13.2 Å². The highest BCUT2D eigenvalue weighted by molar-refractivity contribution is 5.93. The molecule has 2 N–H and O–H groups in total. The van der Waals surface area contributed by atoms with Crippen LogP contribution in [0.15, 0.2) is 42.6 Å². The Labute approximate surface area is 141 Å². The predicted molar refractivity (Wildman–Crippen MR) is 82.6 cm³/mol. The Balaban J connectivity index is 0.000000218. The molecule has 1 aliphatic rings. The first kappa shape index (κ1) is 20.5. The molecule has 3 nitrogen and oxygen atoms in total. The van der Waals surface area contributed by atoms with Crippen LogP contribution in [0.5, 0.6) is 0 Å². The van der Waals surface area contributed by atoms with Gasteiger partial charge in [-0.15, -0.1) is 0 Å². The molecule has 1 fully saturated rings. The molecule has 0 spiro atoms. The number of carbonyl (C=O) groups excluding carboxylic acids is 1. The number of amides is 1. The molecule has 1 aromatic heterocycles. The second-order valence-electron chi connectivity index (χ2n) is 5.12. The number of primary amides is 1. The first-order chi connectivity index (χ1) is 11.7. The number of nitrogens with two attached hydrogens (primary N) is 1. The molecule has 2 aromatic rings. The van der Waals surface area contributed by atoms with E-state index in [0.717, 1.165) is 18.3 Å². The Hall–Kier alpha value is -2.51. The highest BCUT2D eigenvalue weighted by Gasteiger charge is 2.36. The fraction of sp³-hybridized carbons (Fsp3) is 0.294. The second kappa shape index (κ2) is 9.71. The summed E-state index contributed by atoms with van der Waals surface area (Å²) in [5, 5.41) is 0. The summed E-state index contributed by atoms with van der Waals surface area (Å²) in [6.07, 6.45) is 2.31. The minimum atomic E-state index is -4.65. The second-order valence-corrected chi connectivity index (χ2v) is 5.12. The molecule has 1 aliphatic carbocycles. The number of rotatable bonds is 1. The van der Waals surface area contributed by atoms with E-state index in [1.165, 1.54) is 49.9 Å². The molecule has 1 saturated carbocycles. The number of nitrogens with zero attached hydrogens (tertiary/aromatic N) is 1. The van der Waals surface area contributed by atoms with E-state index in [9.17, 15) is 26.7 Å². The van der Waals surface area contributed by atoms with Crippen LogP contribution >= 0.6 is 0 Å². The van der Waals surface area contributed by atoms with Gasteiger partial charge in [0, 0.05) is 12.3 Å². The minimum absolute atomic E-state index is 0.537. The van der Waals surface area contributed by atoms with Crippen LogP contribution in [0.1, 0.15) is 41.7 Å². The molecule has 1 heterocycles. The molecule has 0 bridgehead atoms. The first-order valence-electron chi connectivity index (χ1n) is 7.45. The summed E-state index contributed by atoms with van der Waals surface area (Å²) in [7, 11) is 0. The molecule has 1 amide bonds.